The van der Waals surface area contributed by atoms with E-state index in [0.717, 1.165) is 0 Å². The Morgan fingerprint density at radius 2 is 2.38 bits per heavy atom. The molecule has 1 saturated heterocycles. The molecule has 1 atom stereocenters. The number of hydrogen-bond donors (Lipinski definition) is 0. The summed E-state index contributed by atoms with van der Waals surface area (Å²) < 4.78 is 35.7. The van der Waals surface area contributed by atoms with Crippen LogP contribution in [0.3, 0.4) is 0 Å². The average molecular weight is 235 g/mol. The number of carbonyl (C=O) groups is 1. The fourth-order valence-electron chi connectivity index (χ4n) is 1.53. The number of nitrogens with zero attached hydrogens (tertiary/aromatic N) is 1. The van der Waals surface area contributed by atoms with Gasteiger partial charge in [-0.05, 0) is 0 Å². The van der Waals surface area contributed by atoms with Gasteiger partial charge in [-0.3, -0.25) is 4.90 Å². The standard InChI is InChI=1S/C10H15F2NO3/c1-3-6-16-9(14)13-5-4-10(11,12)7-8(13)15-2/h3,8H,1,4-7H2,2H3. The van der Waals surface area contributed by atoms with E-state index in [-0.39, 0.29) is 19.6 Å². The van der Waals surface area contributed by atoms with E-state index in [9.17, 15) is 13.6 Å². The minimum absolute atomic E-state index is 0.0577. The Hall–Kier alpha value is -1.17. The molecule has 0 saturated carbocycles. The van der Waals surface area contributed by atoms with Crippen molar-refractivity contribution in [1.82, 2.24) is 4.90 Å². The lowest BCUT2D eigenvalue weighted by molar-refractivity contribution is -0.140. The van der Waals surface area contributed by atoms with Crippen LogP contribution in [-0.4, -0.2) is 43.4 Å². The van der Waals surface area contributed by atoms with E-state index in [1.807, 2.05) is 0 Å². The second-order valence-electron chi connectivity index (χ2n) is 3.56. The van der Waals surface area contributed by atoms with Crippen LogP contribution in [0.1, 0.15) is 12.8 Å². The maximum atomic E-state index is 13.1. The lowest BCUT2D eigenvalue weighted by Crippen LogP contribution is -2.50. The molecular formula is C10H15F2NO3. The summed E-state index contributed by atoms with van der Waals surface area (Å²) >= 11 is 0. The van der Waals surface area contributed by atoms with Crippen molar-refractivity contribution in [3.63, 3.8) is 0 Å². The molecule has 0 radical (unpaired) electrons. The zero-order valence-electron chi connectivity index (χ0n) is 9.12. The number of alkyl halides is 2. The van der Waals surface area contributed by atoms with E-state index in [2.05, 4.69) is 6.58 Å². The maximum Gasteiger partial charge on any atom is 0.412 e. The molecule has 0 aliphatic carbocycles. The van der Waals surface area contributed by atoms with Crippen molar-refractivity contribution >= 4 is 6.09 Å². The van der Waals surface area contributed by atoms with E-state index < -0.39 is 24.7 Å². The molecule has 92 valence electrons. The molecule has 0 aromatic heterocycles. The molecule has 1 amide bonds. The summed E-state index contributed by atoms with van der Waals surface area (Å²) in [6, 6.07) is 0. The van der Waals surface area contributed by atoms with Crippen LogP contribution in [0, 0.1) is 0 Å². The molecule has 1 fully saturated rings. The average Bonchev–Trinajstić information content (AvgIpc) is 2.24. The number of piperidine rings is 1. The molecule has 1 aliphatic heterocycles. The molecular weight excluding hydrogens is 220 g/mol. The summed E-state index contributed by atoms with van der Waals surface area (Å²) in [5, 5.41) is 0. The van der Waals surface area contributed by atoms with Gasteiger partial charge in [0.15, 0.2) is 0 Å². The van der Waals surface area contributed by atoms with E-state index in [0.29, 0.717) is 0 Å². The number of likely N-dealkylation sites (tertiary alicyclic amines) is 1. The first kappa shape index (κ1) is 12.9. The van der Waals surface area contributed by atoms with Gasteiger partial charge in [0.1, 0.15) is 12.8 Å². The molecule has 0 N–H and O–H groups in total. The first-order valence-corrected chi connectivity index (χ1v) is 4.95. The summed E-state index contributed by atoms with van der Waals surface area (Å²) in [5.41, 5.74) is 0. The third-order valence-electron chi connectivity index (χ3n) is 2.37. The van der Waals surface area contributed by atoms with Gasteiger partial charge in [-0.2, -0.15) is 0 Å². The quantitative estimate of drug-likeness (QED) is 0.702. The van der Waals surface area contributed by atoms with Crippen LogP contribution in [0.5, 0.6) is 0 Å². The number of hydrogen-bond acceptors (Lipinski definition) is 3. The van der Waals surface area contributed by atoms with Crippen LogP contribution in [0.2, 0.25) is 0 Å². The Labute approximate surface area is 92.8 Å². The Bertz CT molecular complexity index is 271. The SMILES string of the molecule is C=CCOC(=O)N1CCC(F)(F)CC1OC. The third-order valence-corrected chi connectivity index (χ3v) is 2.37. The number of amides is 1. The van der Waals surface area contributed by atoms with Gasteiger partial charge in [-0.15, -0.1) is 0 Å². The monoisotopic (exact) mass is 235 g/mol. The zero-order valence-corrected chi connectivity index (χ0v) is 9.12. The Kier molecular flexibility index (Phi) is 4.23. The summed E-state index contributed by atoms with van der Waals surface area (Å²) in [6.07, 6.45) is -1.02. The maximum absolute atomic E-state index is 13.1. The summed E-state index contributed by atoms with van der Waals surface area (Å²) in [5.74, 6) is -2.78. The number of halogens is 2. The lowest BCUT2D eigenvalue weighted by Gasteiger charge is -2.37. The smallest absolute Gasteiger partial charge is 0.412 e. The Balaban J connectivity index is 2.59. The van der Waals surface area contributed by atoms with Gasteiger partial charge >= 0.3 is 6.09 Å². The van der Waals surface area contributed by atoms with Crippen molar-refractivity contribution < 1.29 is 23.0 Å². The van der Waals surface area contributed by atoms with Crippen molar-refractivity contribution in [3.05, 3.63) is 12.7 Å². The summed E-state index contributed by atoms with van der Waals surface area (Å²) in [4.78, 5) is 12.6. The fraction of sp³-hybridized carbons (Fsp3) is 0.700. The van der Waals surface area contributed by atoms with Crippen LogP contribution < -0.4 is 0 Å². The molecule has 0 aromatic rings. The van der Waals surface area contributed by atoms with Gasteiger partial charge in [0.25, 0.3) is 5.92 Å². The summed E-state index contributed by atoms with van der Waals surface area (Å²) in [6.45, 7) is 3.38. The molecule has 1 heterocycles. The number of carbonyl (C=O) groups excluding carboxylic acids is 1. The van der Waals surface area contributed by atoms with Gasteiger partial charge in [0.2, 0.25) is 0 Å². The molecule has 6 heteroatoms. The first-order valence-electron chi connectivity index (χ1n) is 4.95. The van der Waals surface area contributed by atoms with Gasteiger partial charge in [-0.25, -0.2) is 13.6 Å². The minimum Gasteiger partial charge on any atom is -0.445 e. The molecule has 1 unspecified atom stereocenters. The normalized spacial score (nSPS) is 23.9. The van der Waals surface area contributed by atoms with Gasteiger partial charge < -0.3 is 9.47 Å². The molecule has 0 spiro atoms. The van der Waals surface area contributed by atoms with Crippen molar-refractivity contribution in [2.75, 3.05) is 20.3 Å². The predicted octanol–water partition coefficient (Wildman–Crippen LogP) is 2.01. The van der Waals surface area contributed by atoms with E-state index in [4.69, 9.17) is 9.47 Å². The van der Waals surface area contributed by atoms with Gasteiger partial charge in [0, 0.05) is 20.1 Å². The third kappa shape index (κ3) is 3.16. The number of rotatable bonds is 3. The van der Waals surface area contributed by atoms with Crippen LogP contribution in [-0.2, 0) is 9.47 Å². The zero-order chi connectivity index (χ0) is 12.2. The largest absolute Gasteiger partial charge is 0.445 e. The minimum atomic E-state index is -2.78. The highest BCUT2D eigenvalue weighted by Gasteiger charge is 2.42. The van der Waals surface area contributed by atoms with Crippen LogP contribution in [0.15, 0.2) is 12.7 Å². The second-order valence-corrected chi connectivity index (χ2v) is 3.56. The van der Waals surface area contributed by atoms with Crippen LogP contribution >= 0.6 is 0 Å². The Morgan fingerprint density at radius 1 is 1.69 bits per heavy atom. The lowest BCUT2D eigenvalue weighted by atomic mass is 10.1. The molecule has 0 bridgehead atoms. The second kappa shape index (κ2) is 5.25. The van der Waals surface area contributed by atoms with Gasteiger partial charge in [0.05, 0.1) is 6.42 Å². The topological polar surface area (TPSA) is 38.8 Å². The van der Waals surface area contributed by atoms with E-state index >= 15 is 0 Å². The summed E-state index contributed by atoms with van der Waals surface area (Å²) in [7, 11) is 1.29. The van der Waals surface area contributed by atoms with E-state index in [1.54, 1.807) is 0 Å². The molecule has 4 nitrogen and oxygen atoms in total. The van der Waals surface area contributed by atoms with Crippen molar-refractivity contribution in [1.29, 1.82) is 0 Å². The molecule has 0 aromatic carbocycles. The van der Waals surface area contributed by atoms with E-state index in [1.165, 1.54) is 18.1 Å². The van der Waals surface area contributed by atoms with Crippen molar-refractivity contribution in [3.8, 4) is 0 Å². The van der Waals surface area contributed by atoms with Crippen molar-refractivity contribution in [2.24, 2.45) is 0 Å². The molecule has 1 rings (SSSR count). The fourth-order valence-corrected chi connectivity index (χ4v) is 1.53. The van der Waals surface area contributed by atoms with Crippen LogP contribution in [0.4, 0.5) is 13.6 Å². The van der Waals surface area contributed by atoms with Crippen molar-refractivity contribution in [2.45, 2.75) is 25.0 Å². The number of ether oxygens (including phenoxy) is 2. The Morgan fingerprint density at radius 3 is 2.94 bits per heavy atom. The highest BCUT2D eigenvalue weighted by atomic mass is 19.3. The highest BCUT2D eigenvalue weighted by molar-refractivity contribution is 5.68. The molecule has 16 heavy (non-hydrogen) atoms. The highest BCUT2D eigenvalue weighted by Crippen LogP contribution is 2.32. The van der Waals surface area contributed by atoms with Crippen LogP contribution in [0.25, 0.3) is 0 Å². The first-order chi connectivity index (χ1) is 7.50. The predicted molar refractivity (Wildman–Crippen MR) is 53.2 cm³/mol. The molecule has 1 aliphatic rings. The van der Waals surface area contributed by atoms with Gasteiger partial charge in [-0.1, -0.05) is 12.7 Å². The number of methoxy groups -OCH3 is 1.